The molecular formula is C29H40ClN7O2S. The van der Waals surface area contributed by atoms with Gasteiger partial charge in [-0.2, -0.15) is 0 Å². The van der Waals surface area contributed by atoms with Crippen molar-refractivity contribution >= 4 is 47.2 Å². The fourth-order valence-corrected chi connectivity index (χ4v) is 5.76. The number of rotatable bonds is 7. The molecule has 1 aromatic heterocycles. The third-order valence-corrected chi connectivity index (χ3v) is 7.90. The van der Waals surface area contributed by atoms with E-state index in [1.807, 2.05) is 55.7 Å². The molecule has 2 aliphatic heterocycles. The molecule has 3 heterocycles. The lowest BCUT2D eigenvalue weighted by molar-refractivity contribution is -0.130. The highest BCUT2D eigenvalue weighted by Crippen LogP contribution is 2.24. The van der Waals surface area contributed by atoms with Crippen LogP contribution in [-0.2, 0) is 4.79 Å². The van der Waals surface area contributed by atoms with Crippen molar-refractivity contribution in [3.05, 3.63) is 53.2 Å². The first-order chi connectivity index (χ1) is 19.1. The number of carbonyl (C=O) groups is 2. The Morgan fingerprint density at radius 3 is 2.48 bits per heavy atom. The minimum atomic E-state index is -0.287. The fourth-order valence-electron chi connectivity index (χ4n) is 4.77. The second kappa shape index (κ2) is 13.7. The minimum Gasteiger partial charge on any atom is -0.353 e. The Morgan fingerprint density at radius 2 is 1.80 bits per heavy atom. The van der Waals surface area contributed by atoms with E-state index in [0.29, 0.717) is 43.0 Å². The molecule has 0 saturated carbocycles. The van der Waals surface area contributed by atoms with Crippen molar-refractivity contribution in [2.75, 3.05) is 63.0 Å². The largest absolute Gasteiger partial charge is 0.353 e. The SMILES string of the molecule is CC1CN(c2cc(Cl)nc(SCC(=O)N3CCN(C/C=C/c4ccccc4)CC3)n2)CCN1C(=O)NC(C)(C)C. The molecule has 0 bridgehead atoms. The van der Waals surface area contributed by atoms with E-state index in [2.05, 4.69) is 44.4 Å². The number of amides is 3. The van der Waals surface area contributed by atoms with Gasteiger partial charge in [0.05, 0.1) is 5.75 Å². The van der Waals surface area contributed by atoms with Gasteiger partial charge in [0.25, 0.3) is 0 Å². The lowest BCUT2D eigenvalue weighted by Gasteiger charge is -2.41. The number of carbonyl (C=O) groups excluding carboxylic acids is 2. The maximum Gasteiger partial charge on any atom is 0.318 e. The van der Waals surface area contributed by atoms with Crippen LogP contribution in [0.15, 0.2) is 47.6 Å². The van der Waals surface area contributed by atoms with E-state index in [9.17, 15) is 9.59 Å². The summed E-state index contributed by atoms with van der Waals surface area (Å²) in [6.07, 6.45) is 4.32. The molecule has 216 valence electrons. The van der Waals surface area contributed by atoms with Crippen LogP contribution in [0.4, 0.5) is 10.6 Å². The maximum absolute atomic E-state index is 12.9. The average molecular weight is 586 g/mol. The van der Waals surface area contributed by atoms with Gasteiger partial charge in [-0.05, 0) is 33.3 Å². The van der Waals surface area contributed by atoms with Gasteiger partial charge in [0.2, 0.25) is 5.91 Å². The zero-order chi connectivity index (χ0) is 28.7. The molecule has 4 rings (SSSR count). The summed E-state index contributed by atoms with van der Waals surface area (Å²) in [5, 5.41) is 3.87. The molecule has 1 unspecified atom stereocenters. The number of benzene rings is 1. The van der Waals surface area contributed by atoms with E-state index in [1.54, 1.807) is 6.07 Å². The van der Waals surface area contributed by atoms with Crippen LogP contribution in [0.25, 0.3) is 6.08 Å². The molecule has 0 spiro atoms. The van der Waals surface area contributed by atoms with Crippen molar-refractivity contribution in [1.82, 2.24) is 30.0 Å². The Kier molecular flexibility index (Phi) is 10.3. The number of piperazine rings is 2. The van der Waals surface area contributed by atoms with Crippen LogP contribution >= 0.6 is 23.4 Å². The molecule has 2 saturated heterocycles. The maximum atomic E-state index is 12.9. The Morgan fingerprint density at radius 1 is 1.07 bits per heavy atom. The average Bonchev–Trinajstić information content (AvgIpc) is 2.91. The quantitative estimate of drug-likeness (QED) is 0.297. The fraction of sp³-hybridized carbons (Fsp3) is 0.517. The van der Waals surface area contributed by atoms with E-state index in [-0.39, 0.29) is 29.3 Å². The standard InChI is InChI=1S/C29H40ClN7O2S/c1-22-20-36(17-18-37(22)28(39)33-29(2,3)4)25-19-24(30)31-27(32-25)40-21-26(38)35-15-13-34(14-16-35)12-8-11-23-9-6-5-7-10-23/h5-11,19,22H,12-18,20-21H2,1-4H3,(H,33,39)/b11-8+. The first kappa shape index (κ1) is 30.1. The molecule has 2 aliphatic rings. The van der Waals surface area contributed by atoms with Gasteiger partial charge < -0.3 is 20.0 Å². The summed E-state index contributed by atoms with van der Waals surface area (Å²) in [7, 11) is 0. The van der Waals surface area contributed by atoms with Crippen LogP contribution in [-0.4, -0.2) is 106 Å². The van der Waals surface area contributed by atoms with Crippen molar-refractivity contribution < 1.29 is 9.59 Å². The second-order valence-electron chi connectivity index (χ2n) is 11.3. The van der Waals surface area contributed by atoms with Gasteiger partial charge in [-0.1, -0.05) is 65.8 Å². The highest BCUT2D eigenvalue weighted by Gasteiger charge is 2.30. The number of halogens is 1. The molecule has 0 radical (unpaired) electrons. The van der Waals surface area contributed by atoms with E-state index >= 15 is 0 Å². The van der Waals surface area contributed by atoms with Crippen LogP contribution in [0.2, 0.25) is 5.15 Å². The van der Waals surface area contributed by atoms with Crippen LogP contribution in [0.5, 0.6) is 0 Å². The number of nitrogens with one attached hydrogen (secondary N) is 1. The van der Waals surface area contributed by atoms with Crippen molar-refractivity contribution in [2.24, 2.45) is 0 Å². The van der Waals surface area contributed by atoms with Crippen LogP contribution in [0.1, 0.15) is 33.3 Å². The van der Waals surface area contributed by atoms with Gasteiger partial charge in [0, 0.05) is 70.0 Å². The molecule has 3 amide bonds. The summed E-state index contributed by atoms with van der Waals surface area (Å²) in [6.45, 7) is 13.8. The molecule has 11 heteroatoms. The highest BCUT2D eigenvalue weighted by molar-refractivity contribution is 7.99. The van der Waals surface area contributed by atoms with Gasteiger partial charge in [-0.25, -0.2) is 14.8 Å². The first-order valence-electron chi connectivity index (χ1n) is 13.8. The summed E-state index contributed by atoms with van der Waals surface area (Å²) in [5.41, 5.74) is 0.908. The van der Waals surface area contributed by atoms with Crippen LogP contribution in [0.3, 0.4) is 0 Å². The Hall–Kier alpha value is -2.82. The first-order valence-corrected chi connectivity index (χ1v) is 15.2. The number of urea groups is 1. The van der Waals surface area contributed by atoms with E-state index in [0.717, 1.165) is 25.5 Å². The molecule has 40 heavy (non-hydrogen) atoms. The number of anilines is 1. The van der Waals surface area contributed by atoms with Crippen molar-refractivity contribution in [1.29, 1.82) is 0 Å². The predicted molar refractivity (Wildman–Crippen MR) is 163 cm³/mol. The summed E-state index contributed by atoms with van der Waals surface area (Å²) in [6, 6.07) is 12.0. The third-order valence-electron chi connectivity index (χ3n) is 6.88. The van der Waals surface area contributed by atoms with E-state index in [4.69, 9.17) is 16.6 Å². The van der Waals surface area contributed by atoms with Crippen LogP contribution in [0, 0.1) is 0 Å². The lowest BCUT2D eigenvalue weighted by atomic mass is 10.1. The zero-order valence-electron chi connectivity index (χ0n) is 23.8. The lowest BCUT2D eigenvalue weighted by Crippen LogP contribution is -2.59. The molecular weight excluding hydrogens is 546 g/mol. The minimum absolute atomic E-state index is 0.00928. The smallest absolute Gasteiger partial charge is 0.318 e. The number of thioether (sulfide) groups is 1. The second-order valence-corrected chi connectivity index (χ2v) is 12.6. The molecule has 1 N–H and O–H groups in total. The van der Waals surface area contributed by atoms with Gasteiger partial charge in [-0.3, -0.25) is 9.69 Å². The molecule has 9 nitrogen and oxygen atoms in total. The molecule has 1 aromatic carbocycles. The molecule has 0 aliphatic carbocycles. The summed E-state index contributed by atoms with van der Waals surface area (Å²) in [4.78, 5) is 42.9. The Bertz CT molecular complexity index is 1180. The van der Waals surface area contributed by atoms with Gasteiger partial charge >= 0.3 is 6.03 Å². The summed E-state index contributed by atoms with van der Waals surface area (Å²) >= 11 is 7.66. The van der Waals surface area contributed by atoms with Crippen molar-refractivity contribution in [3.63, 3.8) is 0 Å². The predicted octanol–water partition coefficient (Wildman–Crippen LogP) is 4.10. The topological polar surface area (TPSA) is 84.9 Å². The number of nitrogens with zero attached hydrogens (tertiary/aromatic N) is 6. The van der Waals surface area contributed by atoms with E-state index < -0.39 is 0 Å². The summed E-state index contributed by atoms with van der Waals surface area (Å²) in [5.74, 6) is 1.07. The zero-order valence-corrected chi connectivity index (χ0v) is 25.4. The van der Waals surface area contributed by atoms with Gasteiger partial charge in [0.15, 0.2) is 5.16 Å². The van der Waals surface area contributed by atoms with Crippen molar-refractivity contribution in [3.8, 4) is 0 Å². The molecule has 2 fully saturated rings. The number of hydrogen-bond acceptors (Lipinski definition) is 7. The molecule has 2 aromatic rings. The highest BCUT2D eigenvalue weighted by atomic mass is 35.5. The van der Waals surface area contributed by atoms with Crippen molar-refractivity contribution in [2.45, 2.75) is 44.4 Å². The van der Waals surface area contributed by atoms with Crippen LogP contribution < -0.4 is 10.2 Å². The number of hydrogen-bond donors (Lipinski definition) is 1. The Balaban J connectivity index is 1.24. The van der Waals surface area contributed by atoms with Gasteiger partial charge in [0.1, 0.15) is 11.0 Å². The summed E-state index contributed by atoms with van der Waals surface area (Å²) < 4.78 is 0. The normalized spacial score (nSPS) is 18.8. The van der Waals surface area contributed by atoms with Gasteiger partial charge in [-0.15, -0.1) is 0 Å². The Labute approximate surface area is 246 Å². The molecule has 1 atom stereocenters. The van der Waals surface area contributed by atoms with E-state index in [1.165, 1.54) is 17.3 Å². The third kappa shape index (κ3) is 8.84. The number of aromatic nitrogens is 2. The monoisotopic (exact) mass is 585 g/mol.